The van der Waals surface area contributed by atoms with E-state index in [2.05, 4.69) is 25.6 Å². The van der Waals surface area contributed by atoms with Gasteiger partial charge in [-0.25, -0.2) is 9.97 Å². The minimum atomic E-state index is -0.171. The molecule has 0 fully saturated rings. The lowest BCUT2D eigenvalue weighted by molar-refractivity contribution is 0.0951. The molecule has 1 amide bonds. The van der Waals surface area contributed by atoms with Crippen LogP contribution < -0.4 is 10.6 Å². The van der Waals surface area contributed by atoms with Gasteiger partial charge in [0.05, 0.1) is 0 Å². The van der Waals surface area contributed by atoms with Crippen molar-refractivity contribution in [3.63, 3.8) is 0 Å². The lowest BCUT2D eigenvalue weighted by Crippen LogP contribution is -2.23. The van der Waals surface area contributed by atoms with Gasteiger partial charge in [-0.3, -0.25) is 9.78 Å². The van der Waals surface area contributed by atoms with Gasteiger partial charge in [-0.2, -0.15) is 0 Å². The second kappa shape index (κ2) is 7.61. The van der Waals surface area contributed by atoms with Gasteiger partial charge < -0.3 is 10.6 Å². The van der Waals surface area contributed by atoms with E-state index in [1.807, 2.05) is 42.5 Å². The molecular formula is C21H17N5O. The van der Waals surface area contributed by atoms with Gasteiger partial charge in [-0.1, -0.05) is 30.3 Å². The molecule has 4 aromatic rings. The Morgan fingerprint density at radius 2 is 1.81 bits per heavy atom. The number of benzene rings is 1. The Balaban J connectivity index is 1.51. The third kappa shape index (κ3) is 3.90. The van der Waals surface area contributed by atoms with Crippen molar-refractivity contribution in [3.8, 4) is 0 Å². The number of nitrogens with zero attached hydrogens (tertiary/aromatic N) is 3. The maximum absolute atomic E-state index is 12.4. The highest BCUT2D eigenvalue weighted by Gasteiger charge is 2.08. The first-order chi connectivity index (χ1) is 13.3. The van der Waals surface area contributed by atoms with Crippen molar-refractivity contribution in [1.29, 1.82) is 0 Å². The number of hydrogen-bond donors (Lipinski definition) is 2. The summed E-state index contributed by atoms with van der Waals surface area (Å²) in [5, 5.41) is 8.17. The Hall–Kier alpha value is -3.80. The van der Waals surface area contributed by atoms with Crippen LogP contribution in [0.15, 0.2) is 79.4 Å². The van der Waals surface area contributed by atoms with Gasteiger partial charge in [0.2, 0.25) is 0 Å². The summed E-state index contributed by atoms with van der Waals surface area (Å²) < 4.78 is 0. The van der Waals surface area contributed by atoms with Crippen LogP contribution in [0, 0.1) is 0 Å². The highest BCUT2D eigenvalue weighted by atomic mass is 16.1. The van der Waals surface area contributed by atoms with Crippen LogP contribution in [0.5, 0.6) is 0 Å². The third-order valence-electron chi connectivity index (χ3n) is 4.12. The lowest BCUT2D eigenvalue weighted by atomic mass is 10.1. The fourth-order valence-electron chi connectivity index (χ4n) is 2.77. The molecule has 0 saturated carbocycles. The van der Waals surface area contributed by atoms with E-state index >= 15 is 0 Å². The number of nitrogens with one attached hydrogen (secondary N) is 2. The first kappa shape index (κ1) is 16.7. The zero-order chi connectivity index (χ0) is 18.5. The van der Waals surface area contributed by atoms with Gasteiger partial charge in [0, 0.05) is 42.3 Å². The summed E-state index contributed by atoms with van der Waals surface area (Å²) in [4.78, 5) is 25.2. The molecule has 6 heteroatoms. The summed E-state index contributed by atoms with van der Waals surface area (Å²) in [6, 6.07) is 17.1. The predicted octanol–water partition coefficient (Wildman–Crippen LogP) is 3.70. The largest absolute Gasteiger partial charge is 0.348 e. The molecule has 0 atom stereocenters. The van der Waals surface area contributed by atoms with Crippen LogP contribution in [0.4, 0.5) is 11.6 Å². The Kier molecular flexibility index (Phi) is 4.70. The van der Waals surface area contributed by atoms with E-state index in [0.29, 0.717) is 23.7 Å². The number of aromatic nitrogens is 3. The number of carbonyl (C=O) groups is 1. The van der Waals surface area contributed by atoms with Crippen LogP contribution in [0.25, 0.3) is 10.8 Å². The predicted molar refractivity (Wildman–Crippen MR) is 105 cm³/mol. The summed E-state index contributed by atoms with van der Waals surface area (Å²) in [6.07, 6.45) is 6.78. The van der Waals surface area contributed by atoms with Crippen LogP contribution in [-0.4, -0.2) is 20.9 Å². The molecule has 0 aliphatic heterocycles. The molecule has 2 N–H and O–H groups in total. The average molecular weight is 355 g/mol. The van der Waals surface area contributed by atoms with Gasteiger partial charge in [0.15, 0.2) is 0 Å². The van der Waals surface area contributed by atoms with E-state index in [1.54, 1.807) is 36.9 Å². The summed E-state index contributed by atoms with van der Waals surface area (Å²) in [5.74, 6) is 1.09. The molecule has 3 aromatic heterocycles. The van der Waals surface area contributed by atoms with E-state index in [1.165, 1.54) is 0 Å². The first-order valence-corrected chi connectivity index (χ1v) is 8.53. The normalized spacial score (nSPS) is 10.5. The average Bonchev–Trinajstić information content (AvgIpc) is 2.73. The number of carbonyl (C=O) groups excluding carboxylic acids is 1. The maximum Gasteiger partial charge on any atom is 0.251 e. The molecule has 6 nitrogen and oxygen atoms in total. The number of hydrogen-bond acceptors (Lipinski definition) is 5. The zero-order valence-electron chi connectivity index (χ0n) is 14.5. The Morgan fingerprint density at radius 1 is 0.926 bits per heavy atom. The number of fused-ring (bicyclic) bond motifs is 1. The van der Waals surface area contributed by atoms with Crippen LogP contribution >= 0.6 is 0 Å². The lowest BCUT2D eigenvalue weighted by Gasteiger charge is -2.09. The van der Waals surface area contributed by atoms with E-state index in [4.69, 9.17) is 0 Å². The van der Waals surface area contributed by atoms with E-state index < -0.39 is 0 Å². The summed E-state index contributed by atoms with van der Waals surface area (Å²) in [5.41, 5.74) is 1.47. The SMILES string of the molecule is O=C(NCc1cccnc1)c1ccnc(Nc2nccc3ccccc23)c1. The summed E-state index contributed by atoms with van der Waals surface area (Å²) in [7, 11) is 0. The zero-order valence-corrected chi connectivity index (χ0v) is 14.5. The van der Waals surface area contributed by atoms with Crippen molar-refractivity contribution in [2.75, 3.05) is 5.32 Å². The summed E-state index contributed by atoms with van der Waals surface area (Å²) in [6.45, 7) is 0.419. The van der Waals surface area contributed by atoms with Gasteiger partial charge in [-0.15, -0.1) is 0 Å². The Labute approximate surface area is 156 Å². The molecule has 0 aliphatic carbocycles. The first-order valence-electron chi connectivity index (χ1n) is 8.53. The van der Waals surface area contributed by atoms with Crippen molar-refractivity contribution in [2.45, 2.75) is 6.54 Å². The number of pyridine rings is 3. The van der Waals surface area contributed by atoms with Gasteiger partial charge >= 0.3 is 0 Å². The minimum Gasteiger partial charge on any atom is -0.348 e. The van der Waals surface area contributed by atoms with Crippen LogP contribution in [0.2, 0.25) is 0 Å². The monoisotopic (exact) mass is 355 g/mol. The number of rotatable bonds is 5. The number of amides is 1. The molecule has 0 aliphatic rings. The number of anilines is 2. The molecule has 0 unspecified atom stereocenters. The van der Waals surface area contributed by atoms with Crippen molar-refractivity contribution < 1.29 is 4.79 Å². The summed E-state index contributed by atoms with van der Waals surface area (Å²) >= 11 is 0. The van der Waals surface area contributed by atoms with Crippen molar-refractivity contribution in [1.82, 2.24) is 20.3 Å². The molecule has 0 saturated heterocycles. The molecule has 0 bridgehead atoms. The third-order valence-corrected chi connectivity index (χ3v) is 4.12. The molecule has 3 heterocycles. The molecule has 27 heavy (non-hydrogen) atoms. The van der Waals surface area contributed by atoms with Gasteiger partial charge in [0.25, 0.3) is 5.91 Å². The quantitative estimate of drug-likeness (QED) is 0.571. The maximum atomic E-state index is 12.4. The van der Waals surface area contributed by atoms with Crippen LogP contribution in [-0.2, 0) is 6.54 Å². The second-order valence-electron chi connectivity index (χ2n) is 5.98. The molecule has 0 radical (unpaired) electrons. The van der Waals surface area contributed by atoms with Crippen molar-refractivity contribution >= 4 is 28.3 Å². The van der Waals surface area contributed by atoms with Crippen LogP contribution in [0.3, 0.4) is 0 Å². The van der Waals surface area contributed by atoms with E-state index in [9.17, 15) is 4.79 Å². The van der Waals surface area contributed by atoms with Crippen molar-refractivity contribution in [2.24, 2.45) is 0 Å². The Morgan fingerprint density at radius 3 is 2.70 bits per heavy atom. The van der Waals surface area contributed by atoms with Crippen LogP contribution in [0.1, 0.15) is 15.9 Å². The van der Waals surface area contributed by atoms with Gasteiger partial charge in [0.1, 0.15) is 11.6 Å². The molecular weight excluding hydrogens is 338 g/mol. The fourth-order valence-corrected chi connectivity index (χ4v) is 2.77. The van der Waals surface area contributed by atoms with Gasteiger partial charge in [-0.05, 0) is 35.2 Å². The standard InChI is InChI=1S/C21H17N5O/c27-21(25-14-15-4-3-9-22-13-15)17-8-10-23-19(12-17)26-20-18-6-2-1-5-16(18)7-11-24-20/h1-13H,14H2,(H,25,27)(H,23,24,26). The molecule has 4 rings (SSSR count). The minimum absolute atomic E-state index is 0.171. The van der Waals surface area contributed by atoms with E-state index in [0.717, 1.165) is 16.3 Å². The molecule has 132 valence electrons. The van der Waals surface area contributed by atoms with E-state index in [-0.39, 0.29) is 5.91 Å². The highest BCUT2D eigenvalue weighted by Crippen LogP contribution is 2.23. The molecule has 0 spiro atoms. The second-order valence-corrected chi connectivity index (χ2v) is 5.98. The smallest absolute Gasteiger partial charge is 0.251 e. The van der Waals surface area contributed by atoms with Crippen molar-refractivity contribution in [3.05, 3.63) is 90.5 Å². The molecule has 1 aromatic carbocycles. The topological polar surface area (TPSA) is 79.8 Å². The fraction of sp³-hybridized carbons (Fsp3) is 0.0476. The highest BCUT2D eigenvalue weighted by molar-refractivity contribution is 5.96. The Bertz CT molecular complexity index is 1080.